The van der Waals surface area contributed by atoms with E-state index in [1.165, 1.54) is 16.6 Å². The van der Waals surface area contributed by atoms with E-state index < -0.39 is 0 Å². The molecule has 1 aromatic heterocycles. The number of hydrogen-bond acceptors (Lipinski definition) is 3. The van der Waals surface area contributed by atoms with E-state index in [1.807, 2.05) is 7.05 Å². The summed E-state index contributed by atoms with van der Waals surface area (Å²) in [7, 11) is 5.86. The summed E-state index contributed by atoms with van der Waals surface area (Å²) in [6, 6.07) is 14.9. The van der Waals surface area contributed by atoms with Crippen LogP contribution in [0.5, 0.6) is 0 Å². The molecule has 0 amide bonds. The molecule has 2 atom stereocenters. The Bertz CT molecular complexity index is 870. The highest BCUT2D eigenvalue weighted by molar-refractivity contribution is 5.85. The fourth-order valence-corrected chi connectivity index (χ4v) is 3.56. The highest BCUT2D eigenvalue weighted by Crippen LogP contribution is 2.31. The van der Waals surface area contributed by atoms with E-state index in [1.54, 1.807) is 7.11 Å². The number of rotatable bonds is 7. The van der Waals surface area contributed by atoms with E-state index in [0.717, 1.165) is 29.9 Å². The number of aryl methyl sites for hydroxylation is 2. The summed E-state index contributed by atoms with van der Waals surface area (Å²) in [5.41, 5.74) is 5.99. The molecule has 2 unspecified atom stereocenters. The lowest BCUT2D eigenvalue weighted by atomic mass is 10.0. The maximum absolute atomic E-state index is 5.44. The van der Waals surface area contributed by atoms with Crippen molar-refractivity contribution < 1.29 is 4.74 Å². The van der Waals surface area contributed by atoms with E-state index in [0.29, 0.717) is 0 Å². The van der Waals surface area contributed by atoms with Gasteiger partial charge in [0.25, 0.3) is 0 Å². The van der Waals surface area contributed by atoms with Crippen LogP contribution in [0, 0.1) is 0 Å². The molecule has 0 radical (unpaired) electrons. The van der Waals surface area contributed by atoms with Crippen LogP contribution in [0.15, 0.2) is 42.5 Å². The van der Waals surface area contributed by atoms with Crippen LogP contribution in [0.2, 0.25) is 0 Å². The van der Waals surface area contributed by atoms with Crippen molar-refractivity contribution in [2.75, 3.05) is 19.5 Å². The van der Waals surface area contributed by atoms with Gasteiger partial charge in [-0.2, -0.15) is 0 Å². The Labute approximate surface area is 156 Å². The van der Waals surface area contributed by atoms with Gasteiger partial charge in [-0.25, -0.2) is 4.98 Å². The molecule has 26 heavy (non-hydrogen) atoms. The summed E-state index contributed by atoms with van der Waals surface area (Å²) in [6.45, 7) is 4.34. The third kappa shape index (κ3) is 3.47. The van der Waals surface area contributed by atoms with Gasteiger partial charge in [-0.3, -0.25) is 0 Å². The zero-order chi connectivity index (χ0) is 18.7. The molecule has 4 nitrogen and oxygen atoms in total. The molecule has 0 aliphatic heterocycles. The molecule has 0 aliphatic rings. The summed E-state index contributed by atoms with van der Waals surface area (Å²) in [5.74, 6) is 1.35. The number of hydrogen-bond donors (Lipinski definition) is 1. The topological polar surface area (TPSA) is 39.1 Å². The third-order valence-corrected chi connectivity index (χ3v) is 5.35. The number of nitrogens with one attached hydrogen (secondary N) is 1. The molecular formula is C22H29N3O. The first-order chi connectivity index (χ1) is 12.6. The summed E-state index contributed by atoms with van der Waals surface area (Å²) >= 11 is 0. The highest BCUT2D eigenvalue weighted by atomic mass is 16.5. The van der Waals surface area contributed by atoms with Gasteiger partial charge in [0, 0.05) is 38.4 Å². The Morgan fingerprint density at radius 1 is 1.12 bits per heavy atom. The zero-order valence-corrected chi connectivity index (χ0v) is 16.4. The van der Waals surface area contributed by atoms with Crippen LogP contribution in [0.4, 0.5) is 5.69 Å². The SMILES string of the molecule is CNc1ccc2c(nc(C(C)c3ccccc3)n2C)c1CCC(C)OC. The van der Waals surface area contributed by atoms with Crippen LogP contribution >= 0.6 is 0 Å². The molecule has 0 saturated heterocycles. The van der Waals surface area contributed by atoms with Gasteiger partial charge in [-0.15, -0.1) is 0 Å². The Morgan fingerprint density at radius 3 is 2.50 bits per heavy atom. The van der Waals surface area contributed by atoms with Crippen LogP contribution in [0.1, 0.15) is 43.1 Å². The van der Waals surface area contributed by atoms with Crippen LogP contribution in [-0.4, -0.2) is 29.8 Å². The quantitative estimate of drug-likeness (QED) is 0.668. The van der Waals surface area contributed by atoms with Gasteiger partial charge >= 0.3 is 0 Å². The maximum atomic E-state index is 5.44. The predicted molar refractivity (Wildman–Crippen MR) is 109 cm³/mol. The molecule has 0 bridgehead atoms. The van der Waals surface area contributed by atoms with E-state index in [4.69, 9.17) is 9.72 Å². The van der Waals surface area contributed by atoms with Crippen molar-refractivity contribution in [3.05, 3.63) is 59.4 Å². The smallest absolute Gasteiger partial charge is 0.116 e. The van der Waals surface area contributed by atoms with Gasteiger partial charge in [0.2, 0.25) is 0 Å². The molecule has 3 aromatic rings. The maximum Gasteiger partial charge on any atom is 0.116 e. The Kier molecular flexibility index (Phi) is 5.62. The van der Waals surface area contributed by atoms with Crippen molar-refractivity contribution in [2.45, 2.75) is 38.7 Å². The average Bonchev–Trinajstić information content (AvgIpc) is 3.02. The standard InChI is InChI=1S/C22H29N3O/c1-15(26-5)11-12-18-19(23-3)13-14-20-21(18)24-22(25(20)4)16(2)17-9-7-6-8-10-17/h6-10,13-16,23H,11-12H2,1-5H3. The highest BCUT2D eigenvalue weighted by Gasteiger charge is 2.19. The van der Waals surface area contributed by atoms with Crippen LogP contribution in [0.3, 0.4) is 0 Å². The van der Waals surface area contributed by atoms with Crippen LogP contribution in [0.25, 0.3) is 11.0 Å². The fourth-order valence-electron chi connectivity index (χ4n) is 3.56. The minimum absolute atomic E-state index is 0.237. The molecule has 3 rings (SSSR count). The Balaban J connectivity index is 2.06. The molecule has 2 aromatic carbocycles. The number of imidazole rings is 1. The zero-order valence-electron chi connectivity index (χ0n) is 16.4. The lowest BCUT2D eigenvalue weighted by Crippen LogP contribution is -2.07. The first-order valence-electron chi connectivity index (χ1n) is 9.30. The van der Waals surface area contributed by atoms with Crippen LogP contribution in [-0.2, 0) is 18.2 Å². The molecule has 0 aliphatic carbocycles. The second kappa shape index (κ2) is 7.92. The van der Waals surface area contributed by atoms with Crippen molar-refractivity contribution >= 4 is 16.7 Å². The predicted octanol–water partition coefficient (Wildman–Crippen LogP) is 4.73. The summed E-state index contributed by atoms with van der Waals surface area (Å²) in [5, 5.41) is 3.33. The monoisotopic (exact) mass is 351 g/mol. The molecular weight excluding hydrogens is 322 g/mol. The number of methoxy groups -OCH3 is 1. The van der Waals surface area contributed by atoms with Crippen molar-refractivity contribution in [2.24, 2.45) is 7.05 Å². The first-order valence-corrected chi connectivity index (χ1v) is 9.30. The summed E-state index contributed by atoms with van der Waals surface area (Å²) in [6.07, 6.45) is 2.16. The number of anilines is 1. The lowest BCUT2D eigenvalue weighted by molar-refractivity contribution is 0.111. The Hall–Kier alpha value is -2.33. The molecule has 4 heteroatoms. The Morgan fingerprint density at radius 2 is 1.85 bits per heavy atom. The summed E-state index contributed by atoms with van der Waals surface area (Å²) < 4.78 is 7.67. The fraction of sp³-hybridized carbons (Fsp3) is 0.409. The summed E-state index contributed by atoms with van der Waals surface area (Å²) in [4.78, 5) is 5.08. The second-order valence-electron chi connectivity index (χ2n) is 6.96. The van der Waals surface area contributed by atoms with Crippen molar-refractivity contribution in [3.63, 3.8) is 0 Å². The van der Waals surface area contributed by atoms with Gasteiger partial charge < -0.3 is 14.6 Å². The van der Waals surface area contributed by atoms with E-state index in [9.17, 15) is 0 Å². The second-order valence-corrected chi connectivity index (χ2v) is 6.96. The lowest BCUT2D eigenvalue weighted by Gasteiger charge is -2.13. The van der Waals surface area contributed by atoms with Crippen molar-refractivity contribution in [3.8, 4) is 0 Å². The molecule has 138 valence electrons. The number of fused-ring (bicyclic) bond motifs is 1. The molecule has 0 saturated carbocycles. The van der Waals surface area contributed by atoms with Gasteiger partial charge in [0.15, 0.2) is 0 Å². The number of benzene rings is 2. The van der Waals surface area contributed by atoms with E-state index in [2.05, 4.69) is 73.2 Å². The minimum atomic E-state index is 0.237. The van der Waals surface area contributed by atoms with Gasteiger partial charge in [-0.1, -0.05) is 37.3 Å². The normalized spacial score (nSPS) is 13.7. The van der Waals surface area contributed by atoms with Gasteiger partial charge in [0.1, 0.15) is 5.82 Å². The third-order valence-electron chi connectivity index (χ3n) is 5.35. The van der Waals surface area contributed by atoms with Gasteiger partial charge in [0.05, 0.1) is 17.1 Å². The van der Waals surface area contributed by atoms with Gasteiger partial charge in [-0.05, 0) is 37.5 Å². The molecule has 1 heterocycles. The molecule has 1 N–H and O–H groups in total. The molecule has 0 spiro atoms. The number of aromatic nitrogens is 2. The molecule has 0 fully saturated rings. The average molecular weight is 351 g/mol. The first kappa shape index (κ1) is 18.5. The number of nitrogens with zero attached hydrogens (tertiary/aromatic N) is 2. The number of ether oxygens (including phenoxy) is 1. The van der Waals surface area contributed by atoms with Crippen molar-refractivity contribution in [1.29, 1.82) is 0 Å². The van der Waals surface area contributed by atoms with Crippen molar-refractivity contribution in [1.82, 2.24) is 9.55 Å². The van der Waals surface area contributed by atoms with Crippen LogP contribution < -0.4 is 5.32 Å². The minimum Gasteiger partial charge on any atom is -0.388 e. The van der Waals surface area contributed by atoms with E-state index in [-0.39, 0.29) is 12.0 Å². The van der Waals surface area contributed by atoms with E-state index >= 15 is 0 Å². The largest absolute Gasteiger partial charge is 0.388 e.